The number of hydrogen-bond donors (Lipinski definition) is 2. The molecule has 0 aromatic rings. The lowest BCUT2D eigenvalue weighted by Gasteiger charge is -1.36. The van der Waals surface area contributed by atoms with Crippen LogP contribution in [-0.2, 0) is 0 Å². The van der Waals surface area contributed by atoms with Crippen molar-refractivity contribution in [1.82, 2.24) is 0 Å². The molecule has 0 aliphatic heterocycles. The third-order valence-electron chi connectivity index (χ3n) is 0. The molecule has 0 saturated carbocycles. The summed E-state index contributed by atoms with van der Waals surface area (Å²) in [5.41, 5.74) is 10.1. The van der Waals surface area contributed by atoms with E-state index in [4.69, 9.17) is 0 Å². The Kier molecular flexibility index (Phi) is 76.6. The van der Waals surface area contributed by atoms with Crippen molar-refractivity contribution in [3.8, 4) is 0 Å². The first kappa shape index (κ1) is 8.85. The molecule has 0 aliphatic carbocycles. The quantitative estimate of drug-likeness (QED) is 0.395. The maximum atomic E-state index is 4.54. The van der Waals surface area contributed by atoms with E-state index < -0.39 is 0 Å². The summed E-state index contributed by atoms with van der Waals surface area (Å²) in [6, 6.07) is 0. The maximum Gasteiger partial charge on any atom is 0.0588 e. The third-order valence-corrected chi connectivity index (χ3v) is 0. The third kappa shape index (κ3) is 586. The van der Waals surface area contributed by atoms with E-state index in [2.05, 4.69) is 23.7 Å². The van der Waals surface area contributed by atoms with Crippen LogP contribution in [0.25, 0.3) is 0 Å². The lowest BCUT2D eigenvalue weighted by atomic mass is 11.6. The summed E-state index contributed by atoms with van der Waals surface area (Å²) >= 11 is 4.05. The van der Waals surface area contributed by atoms with E-state index in [1.54, 1.807) is 0 Å². The molecule has 0 unspecified atom stereocenters. The highest BCUT2D eigenvalue weighted by Crippen LogP contribution is 1.16. The summed E-state index contributed by atoms with van der Waals surface area (Å²) in [6.45, 7) is 0. The first-order valence-corrected chi connectivity index (χ1v) is 1.62. The molecule has 0 amide bonds. The number of rotatable bonds is 0. The number of thiocarbonyl (C=S) groups is 1. The van der Waals surface area contributed by atoms with E-state index in [9.17, 15) is 0 Å². The predicted octanol–water partition coefficient (Wildman–Crippen LogP) is -0.523. The van der Waals surface area contributed by atoms with E-state index >= 15 is 0 Å². The van der Waals surface area contributed by atoms with Gasteiger partial charge in [-0.15, -0.1) is 0 Å². The molecule has 0 aliphatic rings. The van der Waals surface area contributed by atoms with Gasteiger partial charge in [-0.1, -0.05) is 12.2 Å². The van der Waals surface area contributed by atoms with Gasteiger partial charge >= 0.3 is 0 Å². The van der Waals surface area contributed by atoms with Gasteiger partial charge in [-0.2, -0.15) is 0 Å². The predicted molar refractivity (Wildman–Crippen MR) is 28.0 cm³/mol. The van der Waals surface area contributed by atoms with Crippen molar-refractivity contribution < 1.29 is 0 Å². The Morgan fingerprint density at radius 2 is 1.60 bits per heavy atom. The zero-order valence-corrected chi connectivity index (χ0v) is 3.96. The summed E-state index contributed by atoms with van der Waals surface area (Å²) < 4.78 is 0. The Hall–Kier alpha value is -0.150. The minimum Gasteiger partial charge on any atom is -0.396 e. The Morgan fingerprint density at radius 3 is 1.60 bits per heavy atom. The topological polar surface area (TPSA) is 52.0 Å². The first-order valence-electron chi connectivity index (χ1n) is 1.15. The molecule has 0 radical (unpaired) electrons. The lowest BCUT2D eigenvalue weighted by Crippen LogP contribution is -1.79. The van der Waals surface area contributed by atoms with Gasteiger partial charge in [0, 0.05) is 0 Å². The van der Waals surface area contributed by atoms with Crippen LogP contribution in [0.2, 0.25) is 0 Å². The maximum absolute atomic E-state index is 4.54. The van der Waals surface area contributed by atoms with E-state index in [0.717, 1.165) is 5.49 Å². The number of hydrogen-bond acceptors (Lipinski definition) is 2. The SMILES string of the molecule is CN.NC=S. The van der Waals surface area contributed by atoms with Crippen molar-refractivity contribution in [2.75, 3.05) is 7.05 Å². The molecule has 0 atom stereocenters. The molecule has 32 valence electrons. The van der Waals surface area contributed by atoms with E-state index in [1.807, 2.05) is 0 Å². The van der Waals surface area contributed by atoms with Crippen molar-refractivity contribution in [3.63, 3.8) is 0 Å². The van der Waals surface area contributed by atoms with Crippen LogP contribution in [-0.4, -0.2) is 12.5 Å². The Morgan fingerprint density at radius 1 is 1.60 bits per heavy atom. The monoisotopic (exact) mass is 92.0 g/mol. The van der Waals surface area contributed by atoms with Crippen molar-refractivity contribution in [2.24, 2.45) is 11.5 Å². The largest absolute Gasteiger partial charge is 0.396 e. The van der Waals surface area contributed by atoms with Crippen molar-refractivity contribution in [3.05, 3.63) is 0 Å². The Bertz CT molecular complexity index is 15.1. The number of nitrogens with two attached hydrogens (primary N) is 2. The van der Waals surface area contributed by atoms with Gasteiger partial charge in [-0.05, 0) is 7.05 Å². The van der Waals surface area contributed by atoms with Gasteiger partial charge in [0.15, 0.2) is 0 Å². The second-order valence-electron chi connectivity index (χ2n) is 0.136. The van der Waals surface area contributed by atoms with Crippen LogP contribution in [0.3, 0.4) is 0 Å². The van der Waals surface area contributed by atoms with Gasteiger partial charge in [0.05, 0.1) is 5.49 Å². The minimum atomic E-state index is 1.08. The van der Waals surface area contributed by atoms with Gasteiger partial charge < -0.3 is 11.5 Å². The summed E-state index contributed by atoms with van der Waals surface area (Å²) in [5, 5.41) is 0. The zero-order chi connectivity index (χ0) is 4.71. The summed E-state index contributed by atoms with van der Waals surface area (Å²) in [4.78, 5) is 0. The molecule has 0 heterocycles. The average molecular weight is 92.2 g/mol. The van der Waals surface area contributed by atoms with Crippen LogP contribution >= 0.6 is 12.2 Å². The molecular weight excluding hydrogens is 84.1 g/mol. The molecule has 0 bridgehead atoms. The van der Waals surface area contributed by atoms with Crippen LogP contribution in [0.4, 0.5) is 0 Å². The minimum absolute atomic E-state index is 1.08. The van der Waals surface area contributed by atoms with Gasteiger partial charge in [0.2, 0.25) is 0 Å². The zero-order valence-electron chi connectivity index (χ0n) is 3.14. The van der Waals surface area contributed by atoms with Crippen molar-refractivity contribution >= 4 is 17.7 Å². The van der Waals surface area contributed by atoms with Crippen LogP contribution in [0.1, 0.15) is 0 Å². The molecule has 4 N–H and O–H groups in total. The van der Waals surface area contributed by atoms with Crippen LogP contribution in [0.15, 0.2) is 0 Å². The molecule has 3 heteroatoms. The average Bonchev–Trinajstić information content (AvgIpc) is 1.46. The summed E-state index contributed by atoms with van der Waals surface area (Å²) in [7, 11) is 1.50. The molecule has 0 saturated heterocycles. The van der Waals surface area contributed by atoms with Crippen molar-refractivity contribution in [2.45, 2.75) is 0 Å². The second-order valence-corrected chi connectivity index (χ2v) is 0.408. The van der Waals surface area contributed by atoms with Gasteiger partial charge in [-0.25, -0.2) is 0 Å². The molecule has 0 aromatic heterocycles. The molecule has 5 heavy (non-hydrogen) atoms. The molecule has 2 nitrogen and oxygen atoms in total. The molecule has 0 aromatic carbocycles. The van der Waals surface area contributed by atoms with Crippen LogP contribution in [0, 0.1) is 0 Å². The van der Waals surface area contributed by atoms with Gasteiger partial charge in [-0.3, -0.25) is 0 Å². The normalized spacial score (nSPS) is 3.60. The second kappa shape index (κ2) is 43.3. The molecule has 0 spiro atoms. The summed E-state index contributed by atoms with van der Waals surface area (Å²) in [5.74, 6) is 0. The highest BCUT2D eigenvalue weighted by atomic mass is 32.1. The van der Waals surface area contributed by atoms with E-state index in [-0.39, 0.29) is 0 Å². The standard InChI is InChI=1S/CH3NS.CH5N/c2-1-3;1-2/h1H,(H2,2,3);2H2,1H3. The Labute approximate surface area is 37.1 Å². The smallest absolute Gasteiger partial charge is 0.0588 e. The lowest BCUT2D eigenvalue weighted by molar-refractivity contribution is 1.48. The fraction of sp³-hybridized carbons (Fsp3) is 0.500. The van der Waals surface area contributed by atoms with Gasteiger partial charge in [0.25, 0.3) is 0 Å². The highest BCUT2D eigenvalue weighted by molar-refractivity contribution is 7.78. The van der Waals surface area contributed by atoms with Crippen molar-refractivity contribution in [1.29, 1.82) is 0 Å². The highest BCUT2D eigenvalue weighted by Gasteiger charge is 1.13. The van der Waals surface area contributed by atoms with E-state index in [1.165, 1.54) is 7.05 Å². The van der Waals surface area contributed by atoms with Gasteiger partial charge in [0.1, 0.15) is 0 Å². The summed E-state index contributed by atoms with van der Waals surface area (Å²) in [6.07, 6.45) is 0. The first-order chi connectivity index (χ1) is 2.41. The molecule has 0 fully saturated rings. The molecular formula is C2H8N2S. The Balaban J connectivity index is 0. The fourth-order valence-electron chi connectivity index (χ4n) is 0. The van der Waals surface area contributed by atoms with E-state index in [0.29, 0.717) is 0 Å². The fourth-order valence-corrected chi connectivity index (χ4v) is 0. The van der Waals surface area contributed by atoms with Crippen LogP contribution < -0.4 is 11.5 Å². The van der Waals surface area contributed by atoms with Crippen LogP contribution in [0.5, 0.6) is 0 Å². The molecule has 0 rings (SSSR count).